The molecule has 0 aliphatic heterocycles. The number of anilines is 1. The fourth-order valence-electron chi connectivity index (χ4n) is 2.24. The standard InChI is InChI=1S/C19H24N2O2/c1-15(2)23-18-12-6-8-16(14-18)9-7-13-20-19(22)21-17-10-4-3-5-11-17/h3-6,8,10-12,14-15H,7,9,13H2,1-2H3,(H2,20,21,22). The van der Waals surface area contributed by atoms with Gasteiger partial charge in [-0.25, -0.2) is 4.79 Å². The van der Waals surface area contributed by atoms with Gasteiger partial charge in [0, 0.05) is 12.2 Å². The Kier molecular flexibility index (Phi) is 6.48. The lowest BCUT2D eigenvalue weighted by atomic mass is 10.1. The highest BCUT2D eigenvalue weighted by Crippen LogP contribution is 2.16. The zero-order valence-corrected chi connectivity index (χ0v) is 13.7. The Morgan fingerprint density at radius 1 is 1.09 bits per heavy atom. The van der Waals surface area contributed by atoms with Crippen LogP contribution in [0.1, 0.15) is 25.8 Å². The maximum absolute atomic E-state index is 11.8. The maximum Gasteiger partial charge on any atom is 0.319 e. The summed E-state index contributed by atoms with van der Waals surface area (Å²) < 4.78 is 5.69. The van der Waals surface area contributed by atoms with E-state index in [1.54, 1.807) is 0 Å². The quantitative estimate of drug-likeness (QED) is 0.752. The molecule has 0 saturated heterocycles. The average Bonchev–Trinajstić information content (AvgIpc) is 2.52. The van der Waals surface area contributed by atoms with Gasteiger partial charge in [0.25, 0.3) is 0 Å². The van der Waals surface area contributed by atoms with E-state index in [2.05, 4.69) is 22.8 Å². The third kappa shape index (κ3) is 6.43. The summed E-state index contributed by atoms with van der Waals surface area (Å²) in [5.41, 5.74) is 2.01. The van der Waals surface area contributed by atoms with Crippen LogP contribution in [0.4, 0.5) is 10.5 Å². The van der Waals surface area contributed by atoms with E-state index in [9.17, 15) is 4.79 Å². The second-order valence-corrected chi connectivity index (χ2v) is 5.66. The Hall–Kier alpha value is -2.49. The van der Waals surface area contributed by atoms with E-state index in [0.717, 1.165) is 24.3 Å². The summed E-state index contributed by atoms with van der Waals surface area (Å²) in [6.45, 7) is 4.66. The lowest BCUT2D eigenvalue weighted by Gasteiger charge is -2.11. The maximum atomic E-state index is 11.8. The number of nitrogens with one attached hydrogen (secondary N) is 2. The molecule has 2 aromatic rings. The van der Waals surface area contributed by atoms with Gasteiger partial charge >= 0.3 is 6.03 Å². The average molecular weight is 312 g/mol. The minimum Gasteiger partial charge on any atom is -0.491 e. The molecule has 0 atom stereocenters. The molecule has 2 aromatic carbocycles. The van der Waals surface area contributed by atoms with E-state index in [4.69, 9.17) is 4.74 Å². The first kappa shape index (κ1) is 16.9. The molecule has 0 fully saturated rings. The van der Waals surface area contributed by atoms with Gasteiger partial charge in [-0.05, 0) is 56.5 Å². The monoisotopic (exact) mass is 312 g/mol. The summed E-state index contributed by atoms with van der Waals surface area (Å²) in [7, 11) is 0. The largest absolute Gasteiger partial charge is 0.491 e. The number of carbonyl (C=O) groups is 1. The van der Waals surface area contributed by atoms with Gasteiger partial charge in [0.15, 0.2) is 0 Å². The van der Waals surface area contributed by atoms with Gasteiger partial charge in [0.05, 0.1) is 6.10 Å². The van der Waals surface area contributed by atoms with Gasteiger partial charge in [0.1, 0.15) is 5.75 Å². The predicted molar refractivity (Wildman–Crippen MR) is 94.0 cm³/mol. The number of amides is 2. The normalized spacial score (nSPS) is 10.4. The van der Waals surface area contributed by atoms with Crippen LogP contribution < -0.4 is 15.4 Å². The highest BCUT2D eigenvalue weighted by molar-refractivity contribution is 5.89. The molecule has 2 rings (SSSR count). The first-order chi connectivity index (χ1) is 11.1. The van der Waals surface area contributed by atoms with Gasteiger partial charge in [-0.1, -0.05) is 30.3 Å². The van der Waals surface area contributed by atoms with E-state index >= 15 is 0 Å². The number of para-hydroxylation sites is 1. The highest BCUT2D eigenvalue weighted by Gasteiger charge is 2.02. The van der Waals surface area contributed by atoms with Crippen LogP contribution in [0.3, 0.4) is 0 Å². The Bertz CT molecular complexity index is 612. The molecule has 0 spiro atoms. The number of carbonyl (C=O) groups excluding carboxylic acids is 1. The predicted octanol–water partition coefficient (Wildman–Crippen LogP) is 4.23. The van der Waals surface area contributed by atoms with Crippen molar-refractivity contribution < 1.29 is 9.53 Å². The molecule has 0 heterocycles. The number of hydrogen-bond donors (Lipinski definition) is 2. The fourth-order valence-corrected chi connectivity index (χ4v) is 2.24. The molecule has 122 valence electrons. The molecule has 0 saturated carbocycles. The lowest BCUT2D eigenvalue weighted by Crippen LogP contribution is -2.29. The van der Waals surface area contributed by atoms with Gasteiger partial charge < -0.3 is 15.4 Å². The van der Waals surface area contributed by atoms with Crippen molar-refractivity contribution in [2.45, 2.75) is 32.8 Å². The fraction of sp³-hybridized carbons (Fsp3) is 0.316. The molecule has 4 nitrogen and oxygen atoms in total. The molecule has 0 aliphatic rings. The zero-order valence-electron chi connectivity index (χ0n) is 13.7. The second kappa shape index (κ2) is 8.83. The molecule has 0 aliphatic carbocycles. The summed E-state index contributed by atoms with van der Waals surface area (Å²) in [4.78, 5) is 11.8. The van der Waals surface area contributed by atoms with Crippen molar-refractivity contribution >= 4 is 11.7 Å². The van der Waals surface area contributed by atoms with Gasteiger partial charge in [-0.15, -0.1) is 0 Å². The van der Waals surface area contributed by atoms with Crippen LogP contribution in [-0.4, -0.2) is 18.7 Å². The van der Waals surface area contributed by atoms with Crippen molar-refractivity contribution in [3.63, 3.8) is 0 Å². The zero-order chi connectivity index (χ0) is 16.5. The van der Waals surface area contributed by atoms with E-state index in [1.807, 2.05) is 56.3 Å². The number of hydrogen-bond acceptors (Lipinski definition) is 2. The number of aryl methyl sites for hydroxylation is 1. The van der Waals surface area contributed by atoms with Gasteiger partial charge in [-0.2, -0.15) is 0 Å². The summed E-state index contributed by atoms with van der Waals surface area (Å²) in [6, 6.07) is 17.4. The molecule has 4 heteroatoms. The van der Waals surface area contributed by atoms with E-state index in [1.165, 1.54) is 5.56 Å². The van der Waals surface area contributed by atoms with Crippen molar-refractivity contribution in [1.29, 1.82) is 0 Å². The number of benzene rings is 2. The molecule has 2 amide bonds. The Balaban J connectivity index is 1.70. The van der Waals surface area contributed by atoms with Gasteiger partial charge in [-0.3, -0.25) is 0 Å². The summed E-state index contributed by atoms with van der Waals surface area (Å²) in [6.07, 6.45) is 1.96. The second-order valence-electron chi connectivity index (χ2n) is 5.66. The van der Waals surface area contributed by atoms with Crippen molar-refractivity contribution in [3.05, 3.63) is 60.2 Å². The van der Waals surface area contributed by atoms with Gasteiger partial charge in [0.2, 0.25) is 0 Å². The summed E-state index contributed by atoms with van der Waals surface area (Å²) in [5.74, 6) is 0.896. The Morgan fingerprint density at radius 3 is 2.61 bits per heavy atom. The minimum atomic E-state index is -0.173. The minimum absolute atomic E-state index is 0.173. The first-order valence-electron chi connectivity index (χ1n) is 7.99. The summed E-state index contributed by atoms with van der Waals surface area (Å²) in [5, 5.41) is 5.67. The van der Waals surface area contributed by atoms with Crippen LogP contribution in [0.2, 0.25) is 0 Å². The molecule has 0 radical (unpaired) electrons. The number of rotatable bonds is 7. The van der Waals surface area contributed by atoms with Crippen LogP contribution in [0, 0.1) is 0 Å². The molecule has 0 bridgehead atoms. The SMILES string of the molecule is CC(C)Oc1cccc(CCCNC(=O)Nc2ccccc2)c1. The Labute approximate surface area is 137 Å². The molecule has 2 N–H and O–H groups in total. The van der Waals surface area contributed by atoms with Crippen LogP contribution in [0.5, 0.6) is 5.75 Å². The topological polar surface area (TPSA) is 50.4 Å². The van der Waals surface area contributed by atoms with Crippen LogP contribution in [-0.2, 0) is 6.42 Å². The van der Waals surface area contributed by atoms with E-state index in [-0.39, 0.29) is 12.1 Å². The van der Waals surface area contributed by atoms with Crippen molar-refractivity contribution in [3.8, 4) is 5.75 Å². The molecule has 0 aromatic heterocycles. The van der Waals surface area contributed by atoms with Crippen LogP contribution in [0.25, 0.3) is 0 Å². The molecular formula is C19H24N2O2. The lowest BCUT2D eigenvalue weighted by molar-refractivity contribution is 0.242. The number of urea groups is 1. The summed E-state index contributed by atoms with van der Waals surface area (Å²) >= 11 is 0. The molecular weight excluding hydrogens is 288 g/mol. The Morgan fingerprint density at radius 2 is 1.87 bits per heavy atom. The van der Waals surface area contributed by atoms with Crippen LogP contribution >= 0.6 is 0 Å². The first-order valence-corrected chi connectivity index (χ1v) is 7.99. The third-order valence-electron chi connectivity index (χ3n) is 3.23. The van der Waals surface area contributed by atoms with Crippen molar-refractivity contribution in [2.24, 2.45) is 0 Å². The highest BCUT2D eigenvalue weighted by atomic mass is 16.5. The smallest absolute Gasteiger partial charge is 0.319 e. The van der Waals surface area contributed by atoms with E-state index in [0.29, 0.717) is 6.54 Å². The van der Waals surface area contributed by atoms with Crippen LogP contribution in [0.15, 0.2) is 54.6 Å². The third-order valence-corrected chi connectivity index (χ3v) is 3.23. The van der Waals surface area contributed by atoms with E-state index < -0.39 is 0 Å². The molecule has 0 unspecified atom stereocenters. The molecule has 23 heavy (non-hydrogen) atoms. The van der Waals surface area contributed by atoms with Crippen molar-refractivity contribution in [1.82, 2.24) is 5.32 Å². The number of ether oxygens (including phenoxy) is 1. The van der Waals surface area contributed by atoms with Crippen molar-refractivity contribution in [2.75, 3.05) is 11.9 Å².